The van der Waals surface area contributed by atoms with E-state index in [1.807, 2.05) is 7.05 Å². The van der Waals surface area contributed by atoms with E-state index in [1.54, 1.807) is 17.0 Å². The second kappa shape index (κ2) is 5.88. The first kappa shape index (κ1) is 15.5. The molecule has 1 aromatic rings. The summed E-state index contributed by atoms with van der Waals surface area (Å²) >= 11 is 0. The number of carboxylic acids is 1. The van der Waals surface area contributed by atoms with E-state index in [1.165, 1.54) is 12.1 Å². The van der Waals surface area contributed by atoms with Crippen molar-refractivity contribution in [3.05, 3.63) is 35.4 Å². The molecule has 0 aromatic heterocycles. The molecular formula is C17H23NO3. The van der Waals surface area contributed by atoms with Gasteiger partial charge in [0.2, 0.25) is 0 Å². The molecule has 4 nitrogen and oxygen atoms in total. The number of aromatic carboxylic acids is 1. The zero-order valence-electron chi connectivity index (χ0n) is 12.9. The number of rotatable bonds is 3. The summed E-state index contributed by atoms with van der Waals surface area (Å²) in [4.78, 5) is 25.3. The minimum atomic E-state index is -1.01. The fourth-order valence-electron chi connectivity index (χ4n) is 2.93. The number of carboxylic acid groups (broad SMARTS) is 1. The minimum Gasteiger partial charge on any atom is -0.478 e. The van der Waals surface area contributed by atoms with E-state index in [2.05, 4.69) is 13.8 Å². The first-order valence-electron chi connectivity index (χ1n) is 7.41. The topological polar surface area (TPSA) is 57.6 Å². The largest absolute Gasteiger partial charge is 0.478 e. The summed E-state index contributed by atoms with van der Waals surface area (Å²) in [5.74, 6) is -1.10. The lowest BCUT2D eigenvalue weighted by Crippen LogP contribution is -2.40. The van der Waals surface area contributed by atoms with Gasteiger partial charge in [-0.25, -0.2) is 4.79 Å². The maximum Gasteiger partial charge on any atom is 0.335 e. The molecule has 1 N–H and O–H groups in total. The van der Waals surface area contributed by atoms with Crippen LogP contribution in [-0.4, -0.2) is 35.0 Å². The second-order valence-electron chi connectivity index (χ2n) is 6.70. The van der Waals surface area contributed by atoms with Crippen LogP contribution in [0.4, 0.5) is 0 Å². The number of amides is 1. The van der Waals surface area contributed by atoms with Crippen LogP contribution in [0.1, 0.15) is 60.2 Å². The van der Waals surface area contributed by atoms with Crippen LogP contribution in [-0.2, 0) is 0 Å². The van der Waals surface area contributed by atoms with Gasteiger partial charge in [-0.05, 0) is 49.3 Å². The molecule has 114 valence electrons. The van der Waals surface area contributed by atoms with E-state index in [-0.39, 0.29) is 17.5 Å². The van der Waals surface area contributed by atoms with Crippen molar-refractivity contribution in [1.29, 1.82) is 0 Å². The van der Waals surface area contributed by atoms with Crippen LogP contribution in [0.3, 0.4) is 0 Å². The van der Waals surface area contributed by atoms with E-state index in [0.717, 1.165) is 25.7 Å². The first-order valence-corrected chi connectivity index (χ1v) is 7.41. The van der Waals surface area contributed by atoms with Gasteiger partial charge < -0.3 is 10.0 Å². The fourth-order valence-corrected chi connectivity index (χ4v) is 2.93. The van der Waals surface area contributed by atoms with Crippen LogP contribution in [0.5, 0.6) is 0 Å². The molecule has 0 saturated heterocycles. The summed E-state index contributed by atoms with van der Waals surface area (Å²) in [6.07, 6.45) is 4.25. The maximum absolute atomic E-state index is 12.5. The smallest absolute Gasteiger partial charge is 0.335 e. The summed E-state index contributed by atoms with van der Waals surface area (Å²) in [5, 5.41) is 9.01. The van der Waals surface area contributed by atoms with Gasteiger partial charge in [0.1, 0.15) is 0 Å². The Balaban J connectivity index is 2.09. The molecule has 1 aliphatic rings. The van der Waals surface area contributed by atoms with E-state index in [0.29, 0.717) is 11.0 Å². The Morgan fingerprint density at radius 2 is 1.76 bits per heavy atom. The highest BCUT2D eigenvalue weighted by Gasteiger charge is 2.30. The van der Waals surface area contributed by atoms with Crippen molar-refractivity contribution < 1.29 is 14.7 Å². The Bertz CT molecular complexity index is 541. The average molecular weight is 289 g/mol. The highest BCUT2D eigenvalue weighted by Crippen LogP contribution is 2.36. The van der Waals surface area contributed by atoms with Gasteiger partial charge in [0.15, 0.2) is 0 Å². The molecule has 21 heavy (non-hydrogen) atoms. The first-order chi connectivity index (χ1) is 9.80. The van der Waals surface area contributed by atoms with Crippen molar-refractivity contribution in [3.63, 3.8) is 0 Å². The van der Waals surface area contributed by atoms with Crippen LogP contribution in [0.15, 0.2) is 24.3 Å². The van der Waals surface area contributed by atoms with Crippen LogP contribution in [0.2, 0.25) is 0 Å². The molecule has 0 atom stereocenters. The number of hydrogen-bond acceptors (Lipinski definition) is 2. The number of carbonyl (C=O) groups excluding carboxylic acids is 1. The normalized spacial score (nSPS) is 18.2. The Labute approximate surface area is 125 Å². The molecule has 1 aliphatic carbocycles. The van der Waals surface area contributed by atoms with Gasteiger partial charge in [0.05, 0.1) is 5.56 Å². The second-order valence-corrected chi connectivity index (χ2v) is 6.70. The van der Waals surface area contributed by atoms with Gasteiger partial charge >= 0.3 is 5.97 Å². The lowest BCUT2D eigenvalue weighted by Gasteiger charge is -2.38. The summed E-state index contributed by atoms with van der Waals surface area (Å²) < 4.78 is 0. The third-order valence-electron chi connectivity index (χ3n) is 4.53. The third kappa shape index (κ3) is 3.63. The number of benzene rings is 1. The predicted molar refractivity (Wildman–Crippen MR) is 81.5 cm³/mol. The summed E-state index contributed by atoms with van der Waals surface area (Å²) in [6, 6.07) is 6.50. The van der Waals surface area contributed by atoms with Crippen molar-refractivity contribution >= 4 is 11.9 Å². The summed E-state index contributed by atoms with van der Waals surface area (Å²) in [7, 11) is 1.82. The van der Waals surface area contributed by atoms with Crippen LogP contribution in [0.25, 0.3) is 0 Å². The Morgan fingerprint density at radius 3 is 2.33 bits per heavy atom. The van der Waals surface area contributed by atoms with Crippen LogP contribution in [0, 0.1) is 5.41 Å². The maximum atomic E-state index is 12.5. The van der Waals surface area contributed by atoms with Gasteiger partial charge in [0, 0.05) is 18.7 Å². The molecule has 1 amide bonds. The standard InChI is InChI=1S/C17H23NO3/c1-17(2)9-7-14(8-10-17)18(3)15(19)12-5-4-6-13(11-12)16(20)21/h4-6,11,14H,7-10H2,1-3H3,(H,20,21). The molecule has 0 aliphatic heterocycles. The molecule has 0 spiro atoms. The van der Waals surface area contributed by atoms with Crippen molar-refractivity contribution in [3.8, 4) is 0 Å². The number of carbonyl (C=O) groups is 2. The molecule has 4 heteroatoms. The molecule has 2 rings (SSSR count). The molecule has 0 heterocycles. The van der Waals surface area contributed by atoms with Crippen molar-refractivity contribution in [2.45, 2.75) is 45.6 Å². The van der Waals surface area contributed by atoms with E-state index in [9.17, 15) is 9.59 Å². The van der Waals surface area contributed by atoms with Crippen LogP contribution >= 0.6 is 0 Å². The number of nitrogens with zero attached hydrogens (tertiary/aromatic N) is 1. The van der Waals surface area contributed by atoms with E-state index < -0.39 is 5.97 Å². The molecule has 1 fully saturated rings. The van der Waals surface area contributed by atoms with E-state index >= 15 is 0 Å². The molecule has 0 bridgehead atoms. The van der Waals surface area contributed by atoms with Crippen molar-refractivity contribution in [1.82, 2.24) is 4.90 Å². The lowest BCUT2D eigenvalue weighted by atomic mass is 9.75. The fraction of sp³-hybridized carbons (Fsp3) is 0.529. The molecule has 0 unspecified atom stereocenters. The third-order valence-corrected chi connectivity index (χ3v) is 4.53. The Morgan fingerprint density at radius 1 is 1.19 bits per heavy atom. The monoisotopic (exact) mass is 289 g/mol. The van der Waals surface area contributed by atoms with Crippen molar-refractivity contribution in [2.24, 2.45) is 5.41 Å². The van der Waals surface area contributed by atoms with Gasteiger partial charge in [-0.2, -0.15) is 0 Å². The summed E-state index contributed by atoms with van der Waals surface area (Å²) in [5.41, 5.74) is 0.963. The minimum absolute atomic E-state index is 0.0946. The van der Waals surface area contributed by atoms with Gasteiger partial charge in [-0.3, -0.25) is 4.79 Å². The highest BCUT2D eigenvalue weighted by molar-refractivity contribution is 5.97. The van der Waals surface area contributed by atoms with Gasteiger partial charge in [0.25, 0.3) is 5.91 Å². The Hall–Kier alpha value is -1.84. The van der Waals surface area contributed by atoms with Gasteiger partial charge in [-0.1, -0.05) is 19.9 Å². The zero-order chi connectivity index (χ0) is 15.6. The highest BCUT2D eigenvalue weighted by atomic mass is 16.4. The Kier molecular flexibility index (Phi) is 4.35. The average Bonchev–Trinajstić information content (AvgIpc) is 2.46. The van der Waals surface area contributed by atoms with Crippen LogP contribution < -0.4 is 0 Å². The SMILES string of the molecule is CN(C(=O)c1cccc(C(=O)O)c1)C1CCC(C)(C)CC1. The quantitative estimate of drug-likeness (QED) is 0.927. The zero-order valence-corrected chi connectivity index (χ0v) is 12.9. The molecule has 0 radical (unpaired) electrons. The van der Waals surface area contributed by atoms with Gasteiger partial charge in [-0.15, -0.1) is 0 Å². The lowest BCUT2D eigenvalue weighted by molar-refractivity contribution is 0.0635. The van der Waals surface area contributed by atoms with Crippen molar-refractivity contribution in [2.75, 3.05) is 7.05 Å². The van der Waals surface area contributed by atoms with E-state index in [4.69, 9.17) is 5.11 Å². The molecule has 1 aromatic carbocycles. The molecular weight excluding hydrogens is 266 g/mol. The summed E-state index contributed by atoms with van der Waals surface area (Å²) in [6.45, 7) is 4.53. The number of hydrogen-bond donors (Lipinski definition) is 1. The molecule has 1 saturated carbocycles. The predicted octanol–water partition coefficient (Wildman–Crippen LogP) is 3.43.